The molecule has 114 valence electrons. The minimum Gasteiger partial charge on any atom is -0.480 e. The van der Waals surface area contributed by atoms with Crippen LogP contribution in [0, 0.1) is 0 Å². The second-order valence-corrected chi connectivity index (χ2v) is 5.15. The van der Waals surface area contributed by atoms with Crippen molar-refractivity contribution in [2.45, 2.75) is 37.4 Å². The van der Waals surface area contributed by atoms with Gasteiger partial charge in [-0.15, -0.1) is 0 Å². The molecule has 21 heavy (non-hydrogen) atoms. The zero-order valence-electron chi connectivity index (χ0n) is 11.0. The molecule has 0 spiro atoms. The number of benzene rings is 1. The van der Waals surface area contributed by atoms with Crippen LogP contribution in [0.15, 0.2) is 24.3 Å². The zero-order chi connectivity index (χ0) is 15.7. The number of amides is 1. The van der Waals surface area contributed by atoms with Gasteiger partial charge < -0.3 is 10.4 Å². The quantitative estimate of drug-likeness (QED) is 0.878. The summed E-state index contributed by atoms with van der Waals surface area (Å²) in [5.41, 5.74) is -0.465. The number of aliphatic carboxylic acids is 1. The number of alkyl halides is 3. The highest BCUT2D eigenvalue weighted by atomic mass is 19.4. The van der Waals surface area contributed by atoms with E-state index in [0.717, 1.165) is 0 Å². The number of rotatable bonds is 5. The Labute approximate surface area is 119 Å². The number of carboxylic acid groups (broad SMARTS) is 1. The monoisotopic (exact) mass is 301 g/mol. The van der Waals surface area contributed by atoms with E-state index in [9.17, 15) is 22.8 Å². The molecule has 0 atom stereocenters. The first-order valence-corrected chi connectivity index (χ1v) is 6.43. The van der Waals surface area contributed by atoms with Crippen LogP contribution in [0.25, 0.3) is 0 Å². The van der Waals surface area contributed by atoms with Gasteiger partial charge in [-0.05, 0) is 37.0 Å². The van der Waals surface area contributed by atoms with Gasteiger partial charge in [0, 0.05) is 12.0 Å². The van der Waals surface area contributed by atoms with Crippen LogP contribution in [-0.2, 0) is 11.2 Å². The fourth-order valence-corrected chi connectivity index (χ4v) is 1.92. The number of aryl methyl sites for hydroxylation is 1. The molecule has 0 unspecified atom stereocenters. The van der Waals surface area contributed by atoms with Gasteiger partial charge in [0.15, 0.2) is 0 Å². The first-order chi connectivity index (χ1) is 9.72. The Balaban J connectivity index is 1.96. The Morgan fingerprint density at radius 3 is 2.19 bits per heavy atom. The number of hydrogen-bond acceptors (Lipinski definition) is 2. The minimum absolute atomic E-state index is 0.148. The largest absolute Gasteiger partial charge is 0.480 e. The molecule has 1 aromatic carbocycles. The van der Waals surface area contributed by atoms with Gasteiger partial charge >= 0.3 is 12.1 Å². The van der Waals surface area contributed by atoms with E-state index >= 15 is 0 Å². The second-order valence-electron chi connectivity index (χ2n) is 5.15. The molecule has 0 aromatic heterocycles. The van der Waals surface area contributed by atoms with E-state index < -0.39 is 30.0 Å². The third-order valence-electron chi connectivity index (χ3n) is 3.43. The average molecular weight is 301 g/mol. The molecule has 2 N–H and O–H groups in total. The molecule has 2 rings (SSSR count). The predicted octanol–water partition coefficient (Wildman–Crippen LogP) is 2.53. The molecule has 0 radical (unpaired) electrons. The van der Waals surface area contributed by atoms with E-state index in [0.29, 0.717) is 18.4 Å². The highest BCUT2D eigenvalue weighted by molar-refractivity contribution is 5.98. The molecule has 7 heteroatoms. The Morgan fingerprint density at radius 1 is 1.19 bits per heavy atom. The van der Waals surface area contributed by atoms with Gasteiger partial charge in [0.25, 0.3) is 5.91 Å². The molecule has 1 amide bonds. The van der Waals surface area contributed by atoms with Crippen molar-refractivity contribution >= 4 is 11.9 Å². The van der Waals surface area contributed by atoms with Crippen molar-refractivity contribution in [2.24, 2.45) is 0 Å². The SMILES string of the molecule is O=C(NC1(C(=O)O)CC1)c1ccc(CCC(F)(F)F)cc1. The minimum atomic E-state index is -4.21. The van der Waals surface area contributed by atoms with Gasteiger partial charge in [0.2, 0.25) is 0 Å². The maximum atomic E-state index is 12.1. The van der Waals surface area contributed by atoms with Crippen LogP contribution in [-0.4, -0.2) is 28.7 Å². The Kier molecular flexibility index (Phi) is 3.93. The molecular formula is C14H14F3NO3. The second kappa shape index (κ2) is 5.38. The third kappa shape index (κ3) is 3.96. The van der Waals surface area contributed by atoms with E-state index in [1.165, 1.54) is 24.3 Å². The maximum absolute atomic E-state index is 12.1. The number of carbonyl (C=O) groups excluding carboxylic acids is 1. The Bertz CT molecular complexity index is 548. The van der Waals surface area contributed by atoms with Crippen LogP contribution in [0.3, 0.4) is 0 Å². The maximum Gasteiger partial charge on any atom is 0.389 e. The molecule has 0 aliphatic heterocycles. The Morgan fingerprint density at radius 2 is 1.76 bits per heavy atom. The van der Waals surface area contributed by atoms with Crippen LogP contribution in [0.4, 0.5) is 13.2 Å². The van der Waals surface area contributed by atoms with Crippen LogP contribution in [0.1, 0.15) is 35.2 Å². The van der Waals surface area contributed by atoms with Gasteiger partial charge in [0.05, 0.1) is 0 Å². The average Bonchev–Trinajstić information content (AvgIpc) is 3.17. The fourth-order valence-electron chi connectivity index (χ4n) is 1.92. The summed E-state index contributed by atoms with van der Waals surface area (Å²) < 4.78 is 36.3. The lowest BCUT2D eigenvalue weighted by atomic mass is 10.1. The highest BCUT2D eigenvalue weighted by Gasteiger charge is 2.51. The zero-order valence-corrected chi connectivity index (χ0v) is 11.0. The van der Waals surface area contributed by atoms with Gasteiger partial charge in [0.1, 0.15) is 5.54 Å². The summed E-state index contributed by atoms with van der Waals surface area (Å²) in [6.45, 7) is 0. The smallest absolute Gasteiger partial charge is 0.389 e. The molecule has 0 bridgehead atoms. The van der Waals surface area contributed by atoms with E-state index in [-0.39, 0.29) is 12.0 Å². The van der Waals surface area contributed by atoms with Gasteiger partial charge in [-0.3, -0.25) is 4.79 Å². The van der Waals surface area contributed by atoms with Crippen molar-refractivity contribution in [3.05, 3.63) is 35.4 Å². The standard InChI is InChI=1S/C14H14F3NO3/c15-14(16,17)6-5-9-1-3-10(4-2-9)11(19)18-13(7-8-13)12(20)21/h1-4H,5-8H2,(H,18,19)(H,20,21). The summed E-state index contributed by atoms with van der Waals surface area (Å²) in [5, 5.41) is 11.4. The normalized spacial score (nSPS) is 16.3. The first kappa shape index (κ1) is 15.3. The summed E-state index contributed by atoms with van der Waals surface area (Å²) in [5.74, 6) is -1.60. The number of nitrogens with one attached hydrogen (secondary N) is 1. The summed E-state index contributed by atoms with van der Waals surface area (Å²) in [6.07, 6.45) is -4.50. The third-order valence-corrected chi connectivity index (χ3v) is 3.43. The number of carboxylic acids is 1. The summed E-state index contributed by atoms with van der Waals surface area (Å²) in [6, 6.07) is 5.69. The molecule has 1 fully saturated rings. The van der Waals surface area contributed by atoms with E-state index in [2.05, 4.69) is 5.32 Å². The summed E-state index contributed by atoms with van der Waals surface area (Å²) >= 11 is 0. The summed E-state index contributed by atoms with van der Waals surface area (Å²) in [4.78, 5) is 22.8. The van der Waals surface area contributed by atoms with Crippen LogP contribution >= 0.6 is 0 Å². The predicted molar refractivity (Wildman–Crippen MR) is 67.9 cm³/mol. The van der Waals surface area contributed by atoms with E-state index in [4.69, 9.17) is 5.11 Å². The van der Waals surface area contributed by atoms with Gasteiger partial charge in [-0.25, -0.2) is 4.79 Å². The van der Waals surface area contributed by atoms with Gasteiger partial charge in [-0.2, -0.15) is 13.2 Å². The van der Waals surface area contributed by atoms with Crippen molar-refractivity contribution in [3.63, 3.8) is 0 Å². The van der Waals surface area contributed by atoms with Crippen LogP contribution in [0.2, 0.25) is 0 Å². The van der Waals surface area contributed by atoms with Crippen molar-refractivity contribution < 1.29 is 27.9 Å². The fraction of sp³-hybridized carbons (Fsp3) is 0.429. The van der Waals surface area contributed by atoms with Crippen molar-refractivity contribution in [1.82, 2.24) is 5.32 Å². The number of hydrogen-bond donors (Lipinski definition) is 2. The molecule has 0 heterocycles. The van der Waals surface area contributed by atoms with Crippen LogP contribution in [0.5, 0.6) is 0 Å². The summed E-state index contributed by atoms with van der Waals surface area (Å²) in [7, 11) is 0. The molecular weight excluding hydrogens is 287 g/mol. The molecule has 1 aliphatic carbocycles. The van der Waals surface area contributed by atoms with Gasteiger partial charge in [-0.1, -0.05) is 12.1 Å². The van der Waals surface area contributed by atoms with Crippen molar-refractivity contribution in [3.8, 4) is 0 Å². The molecule has 0 saturated heterocycles. The lowest BCUT2D eigenvalue weighted by Crippen LogP contribution is -2.43. The van der Waals surface area contributed by atoms with Crippen molar-refractivity contribution in [1.29, 1.82) is 0 Å². The molecule has 1 saturated carbocycles. The lowest BCUT2D eigenvalue weighted by Gasteiger charge is -2.12. The topological polar surface area (TPSA) is 66.4 Å². The number of halogens is 3. The van der Waals surface area contributed by atoms with Crippen molar-refractivity contribution in [2.75, 3.05) is 0 Å². The van der Waals surface area contributed by atoms with E-state index in [1.54, 1.807) is 0 Å². The first-order valence-electron chi connectivity index (χ1n) is 6.43. The van der Waals surface area contributed by atoms with E-state index in [1.807, 2.05) is 0 Å². The molecule has 4 nitrogen and oxygen atoms in total. The molecule has 1 aliphatic rings. The lowest BCUT2D eigenvalue weighted by molar-refractivity contribution is -0.140. The van der Waals surface area contributed by atoms with Crippen LogP contribution < -0.4 is 5.32 Å². The highest BCUT2D eigenvalue weighted by Crippen LogP contribution is 2.35. The Hall–Kier alpha value is -2.05. The molecule has 1 aromatic rings. The number of carbonyl (C=O) groups is 2.